The number of aryl methyl sites for hydroxylation is 1. The minimum Gasteiger partial charge on any atom is -0.354 e. The van der Waals surface area contributed by atoms with E-state index in [1.807, 2.05) is 0 Å². The highest BCUT2D eigenvalue weighted by Crippen LogP contribution is 2.22. The van der Waals surface area contributed by atoms with Gasteiger partial charge < -0.3 is 5.32 Å². The van der Waals surface area contributed by atoms with E-state index < -0.39 is 16.1 Å². The molecule has 1 atom stereocenters. The zero-order chi connectivity index (χ0) is 15.6. The topological polar surface area (TPSA) is 66.5 Å². The lowest BCUT2D eigenvalue weighted by molar-refractivity contribution is -0.124. The lowest BCUT2D eigenvalue weighted by Crippen LogP contribution is -2.45. The van der Waals surface area contributed by atoms with E-state index in [4.69, 9.17) is 0 Å². The number of sulfonamides is 1. The normalized spacial score (nSPS) is 19.9. The van der Waals surface area contributed by atoms with Crippen molar-refractivity contribution in [2.24, 2.45) is 0 Å². The molecule has 2 rings (SSSR count). The number of rotatable bonds is 5. The van der Waals surface area contributed by atoms with Crippen LogP contribution in [-0.4, -0.2) is 44.0 Å². The quantitative estimate of drug-likeness (QED) is 0.888. The summed E-state index contributed by atoms with van der Waals surface area (Å²) in [6.07, 6.45) is 3.30. The molecule has 1 N–H and O–H groups in total. The molecule has 1 fully saturated rings. The Morgan fingerprint density at radius 3 is 2.76 bits per heavy atom. The Labute approximate surface area is 130 Å². The third kappa shape index (κ3) is 3.84. The second-order valence-electron chi connectivity index (χ2n) is 5.51. The van der Waals surface area contributed by atoms with Gasteiger partial charge in [0.05, 0.1) is 6.26 Å². The Balaban J connectivity index is 1.89. The van der Waals surface area contributed by atoms with Crippen LogP contribution in [-0.2, 0) is 21.2 Å². The molecular weight excluding hydrogens is 308 g/mol. The number of nitrogens with one attached hydrogen (secondary N) is 1. The highest BCUT2D eigenvalue weighted by atomic mass is 32.2. The van der Waals surface area contributed by atoms with Crippen LogP contribution in [0.2, 0.25) is 0 Å². The maximum Gasteiger partial charge on any atom is 0.238 e. The van der Waals surface area contributed by atoms with Crippen LogP contribution in [0.25, 0.3) is 0 Å². The fourth-order valence-electron chi connectivity index (χ4n) is 2.65. The van der Waals surface area contributed by atoms with Crippen molar-refractivity contribution in [3.8, 4) is 0 Å². The summed E-state index contributed by atoms with van der Waals surface area (Å²) in [7, 11) is -3.30. The molecule has 1 aromatic heterocycles. The molecule has 1 aliphatic heterocycles. The monoisotopic (exact) mass is 330 g/mol. The molecule has 1 aromatic rings. The van der Waals surface area contributed by atoms with Crippen LogP contribution < -0.4 is 5.32 Å². The van der Waals surface area contributed by atoms with E-state index >= 15 is 0 Å². The van der Waals surface area contributed by atoms with Gasteiger partial charge in [-0.2, -0.15) is 4.31 Å². The van der Waals surface area contributed by atoms with Crippen molar-refractivity contribution in [3.05, 3.63) is 21.4 Å². The fraction of sp³-hybridized carbons (Fsp3) is 0.643. The van der Waals surface area contributed by atoms with Crippen molar-refractivity contribution in [3.63, 3.8) is 0 Å². The summed E-state index contributed by atoms with van der Waals surface area (Å²) in [4.78, 5) is 13.5. The zero-order valence-corrected chi connectivity index (χ0v) is 14.3. The van der Waals surface area contributed by atoms with Crippen molar-refractivity contribution in [2.45, 2.75) is 39.2 Å². The van der Waals surface area contributed by atoms with E-state index in [-0.39, 0.29) is 5.91 Å². The summed E-state index contributed by atoms with van der Waals surface area (Å²) in [5.74, 6) is -0.178. The van der Waals surface area contributed by atoms with Gasteiger partial charge in [-0.1, -0.05) is 0 Å². The Morgan fingerprint density at radius 1 is 1.48 bits per heavy atom. The molecule has 0 bridgehead atoms. The third-order valence-corrected chi connectivity index (χ3v) is 6.36. The second kappa shape index (κ2) is 6.46. The van der Waals surface area contributed by atoms with Crippen LogP contribution >= 0.6 is 11.3 Å². The van der Waals surface area contributed by atoms with E-state index in [9.17, 15) is 13.2 Å². The molecule has 2 heterocycles. The first-order valence-electron chi connectivity index (χ1n) is 7.09. The Kier molecular flexibility index (Phi) is 5.06. The number of hydrogen-bond acceptors (Lipinski definition) is 4. The highest BCUT2D eigenvalue weighted by molar-refractivity contribution is 7.88. The maximum atomic E-state index is 12.2. The first-order chi connectivity index (χ1) is 9.80. The van der Waals surface area contributed by atoms with E-state index in [1.165, 1.54) is 20.3 Å². The van der Waals surface area contributed by atoms with E-state index in [0.29, 0.717) is 19.5 Å². The van der Waals surface area contributed by atoms with Crippen LogP contribution in [0.15, 0.2) is 5.38 Å². The van der Waals surface area contributed by atoms with E-state index in [2.05, 4.69) is 24.5 Å². The molecule has 0 aliphatic carbocycles. The minimum atomic E-state index is -3.30. The fourth-order valence-corrected chi connectivity index (χ4v) is 4.69. The standard InChI is InChI=1S/C14H22N2O3S2/c1-10-11(2)20-9-12(10)6-7-15-14(17)13-5-4-8-16(13)21(3,18)19/h9,13H,4-8H2,1-3H3,(H,15,17)/t13-/m0/s1. The van der Waals surface area contributed by atoms with Gasteiger partial charge in [-0.15, -0.1) is 11.3 Å². The number of hydrogen-bond donors (Lipinski definition) is 1. The number of amides is 1. The van der Waals surface area contributed by atoms with Crippen LogP contribution in [0.1, 0.15) is 28.8 Å². The first-order valence-corrected chi connectivity index (χ1v) is 9.81. The predicted molar refractivity (Wildman–Crippen MR) is 85.1 cm³/mol. The van der Waals surface area contributed by atoms with Crippen molar-refractivity contribution < 1.29 is 13.2 Å². The molecule has 0 radical (unpaired) electrons. The van der Waals surface area contributed by atoms with E-state index in [0.717, 1.165) is 19.1 Å². The third-order valence-electron chi connectivity index (χ3n) is 4.01. The molecule has 21 heavy (non-hydrogen) atoms. The van der Waals surface area contributed by atoms with E-state index in [1.54, 1.807) is 11.3 Å². The number of thiophene rings is 1. The Hall–Kier alpha value is -0.920. The summed E-state index contributed by atoms with van der Waals surface area (Å²) < 4.78 is 24.6. The highest BCUT2D eigenvalue weighted by Gasteiger charge is 2.36. The van der Waals surface area contributed by atoms with Gasteiger partial charge in [-0.25, -0.2) is 8.42 Å². The van der Waals surface area contributed by atoms with Crippen molar-refractivity contribution in [1.29, 1.82) is 0 Å². The van der Waals surface area contributed by atoms with Crippen molar-refractivity contribution in [1.82, 2.24) is 9.62 Å². The molecule has 0 unspecified atom stereocenters. The van der Waals surface area contributed by atoms with Crippen molar-refractivity contribution in [2.75, 3.05) is 19.3 Å². The maximum absolute atomic E-state index is 12.2. The second-order valence-corrected chi connectivity index (χ2v) is 8.53. The van der Waals surface area contributed by atoms with Gasteiger partial charge in [-0.05, 0) is 49.6 Å². The van der Waals surface area contributed by atoms with Gasteiger partial charge in [-0.3, -0.25) is 4.79 Å². The van der Waals surface area contributed by atoms with Crippen LogP contribution in [0.3, 0.4) is 0 Å². The Morgan fingerprint density at radius 2 is 2.19 bits per heavy atom. The molecule has 0 aromatic carbocycles. The first kappa shape index (κ1) is 16.5. The molecule has 0 spiro atoms. The largest absolute Gasteiger partial charge is 0.354 e. The number of nitrogens with zero attached hydrogens (tertiary/aromatic N) is 1. The number of carbonyl (C=O) groups excluding carboxylic acids is 1. The molecule has 1 saturated heterocycles. The summed E-state index contributed by atoms with van der Waals surface area (Å²) in [6, 6.07) is -0.537. The van der Waals surface area contributed by atoms with Gasteiger partial charge >= 0.3 is 0 Å². The van der Waals surface area contributed by atoms with Crippen molar-refractivity contribution >= 4 is 27.3 Å². The minimum absolute atomic E-state index is 0.178. The lowest BCUT2D eigenvalue weighted by atomic mass is 10.1. The summed E-state index contributed by atoms with van der Waals surface area (Å²) in [5.41, 5.74) is 2.54. The molecule has 0 saturated carbocycles. The molecule has 5 nitrogen and oxygen atoms in total. The van der Waals surface area contributed by atoms with Crippen LogP contribution in [0, 0.1) is 13.8 Å². The molecule has 118 valence electrons. The van der Waals surface area contributed by atoms with Gasteiger partial charge in [0.15, 0.2) is 0 Å². The van der Waals surface area contributed by atoms with Gasteiger partial charge in [0.2, 0.25) is 15.9 Å². The molecule has 1 amide bonds. The SMILES string of the molecule is Cc1scc(CCNC(=O)[C@@H]2CCCN2S(C)(=O)=O)c1C. The molecule has 7 heteroatoms. The van der Waals surface area contributed by atoms with Crippen LogP contribution in [0.5, 0.6) is 0 Å². The lowest BCUT2D eigenvalue weighted by Gasteiger charge is -2.21. The van der Waals surface area contributed by atoms with Gasteiger partial charge in [0, 0.05) is 18.0 Å². The summed E-state index contributed by atoms with van der Waals surface area (Å²) in [6.45, 7) is 5.17. The summed E-state index contributed by atoms with van der Waals surface area (Å²) >= 11 is 1.72. The van der Waals surface area contributed by atoms with Crippen LogP contribution in [0.4, 0.5) is 0 Å². The Bertz CT molecular complexity index is 622. The predicted octanol–water partition coefficient (Wildman–Crippen LogP) is 1.45. The number of carbonyl (C=O) groups is 1. The van der Waals surface area contributed by atoms with Gasteiger partial charge in [0.25, 0.3) is 0 Å². The average Bonchev–Trinajstić information content (AvgIpc) is 3.00. The van der Waals surface area contributed by atoms with Gasteiger partial charge in [0.1, 0.15) is 6.04 Å². The smallest absolute Gasteiger partial charge is 0.238 e. The molecule has 1 aliphatic rings. The summed E-state index contributed by atoms with van der Waals surface area (Å²) in [5, 5.41) is 4.99. The molecular formula is C14H22N2O3S2. The zero-order valence-electron chi connectivity index (χ0n) is 12.7. The average molecular weight is 330 g/mol.